The Hall–Kier alpha value is -1.86. The molecule has 0 fully saturated rings. The highest BCUT2D eigenvalue weighted by Gasteiger charge is 2.11. The van der Waals surface area contributed by atoms with Crippen LogP contribution in [0, 0.1) is 5.82 Å². The van der Waals surface area contributed by atoms with Gasteiger partial charge >= 0.3 is 0 Å². The minimum absolute atomic E-state index is 0.0440. The Morgan fingerprint density at radius 3 is 2.86 bits per heavy atom. The fourth-order valence-electron chi connectivity index (χ4n) is 1.81. The molecular formula is C15H17FN2O3S. The van der Waals surface area contributed by atoms with Crippen molar-refractivity contribution in [3.05, 3.63) is 36.3 Å². The molecule has 0 aliphatic carbocycles. The van der Waals surface area contributed by atoms with Gasteiger partial charge < -0.3 is 14.5 Å². The normalized spacial score (nSPS) is 12.1. The number of hydrogen-bond acceptors (Lipinski definition) is 5. The third kappa shape index (κ3) is 4.85. The van der Waals surface area contributed by atoms with E-state index in [9.17, 15) is 9.18 Å². The number of amides is 1. The smallest absolute Gasteiger partial charge is 0.256 e. The third-order valence-corrected chi connectivity index (χ3v) is 3.61. The van der Waals surface area contributed by atoms with Gasteiger partial charge in [-0.3, -0.25) is 4.79 Å². The molecule has 2 aromatic rings. The average Bonchev–Trinajstić information content (AvgIpc) is 2.95. The van der Waals surface area contributed by atoms with Gasteiger partial charge in [-0.05, 0) is 31.2 Å². The molecule has 1 aromatic heterocycles. The van der Waals surface area contributed by atoms with Crippen LogP contribution in [0.4, 0.5) is 4.39 Å². The lowest BCUT2D eigenvalue weighted by Gasteiger charge is -2.11. The van der Waals surface area contributed by atoms with E-state index in [0.29, 0.717) is 17.6 Å². The van der Waals surface area contributed by atoms with Gasteiger partial charge in [0.25, 0.3) is 5.22 Å². The van der Waals surface area contributed by atoms with E-state index >= 15 is 0 Å². The molecule has 0 aliphatic heterocycles. The molecule has 0 saturated carbocycles. The molecular weight excluding hydrogens is 307 g/mol. The maximum Gasteiger partial charge on any atom is 0.256 e. The first-order chi connectivity index (χ1) is 10.6. The van der Waals surface area contributed by atoms with Gasteiger partial charge in [-0.2, -0.15) is 0 Å². The molecule has 0 saturated heterocycles. The van der Waals surface area contributed by atoms with Gasteiger partial charge in [-0.25, -0.2) is 9.37 Å². The summed E-state index contributed by atoms with van der Waals surface area (Å²) >= 11 is 1.20. The maximum absolute atomic E-state index is 12.9. The molecule has 5 nitrogen and oxygen atoms in total. The molecule has 1 N–H and O–H groups in total. The third-order valence-electron chi connectivity index (χ3n) is 2.76. The number of benzene rings is 1. The zero-order valence-electron chi connectivity index (χ0n) is 12.3. The summed E-state index contributed by atoms with van der Waals surface area (Å²) in [6, 6.07) is 5.90. The van der Waals surface area contributed by atoms with Gasteiger partial charge in [0.1, 0.15) is 5.82 Å². The van der Waals surface area contributed by atoms with Crippen LogP contribution in [0.25, 0.3) is 11.3 Å². The monoisotopic (exact) mass is 324 g/mol. The van der Waals surface area contributed by atoms with E-state index in [4.69, 9.17) is 9.15 Å². The number of nitrogens with one attached hydrogen (secondary N) is 1. The van der Waals surface area contributed by atoms with Crippen LogP contribution in [-0.2, 0) is 9.53 Å². The first-order valence-electron chi connectivity index (χ1n) is 6.71. The van der Waals surface area contributed by atoms with Crippen LogP contribution in [-0.4, -0.2) is 36.4 Å². The number of hydrogen-bond donors (Lipinski definition) is 1. The van der Waals surface area contributed by atoms with Crippen LogP contribution < -0.4 is 5.32 Å². The lowest BCUT2D eigenvalue weighted by atomic mass is 10.2. The summed E-state index contributed by atoms with van der Waals surface area (Å²) in [6.07, 6.45) is 1.56. The summed E-state index contributed by atoms with van der Waals surface area (Å²) in [4.78, 5) is 15.8. The zero-order valence-corrected chi connectivity index (χ0v) is 13.2. The van der Waals surface area contributed by atoms with Gasteiger partial charge in [-0.15, -0.1) is 0 Å². The van der Waals surface area contributed by atoms with E-state index in [1.54, 1.807) is 25.4 Å². The molecule has 0 radical (unpaired) electrons. The van der Waals surface area contributed by atoms with Crippen LogP contribution in [0.2, 0.25) is 0 Å². The largest absolute Gasteiger partial charge is 0.431 e. The van der Waals surface area contributed by atoms with E-state index in [2.05, 4.69) is 10.3 Å². The SMILES string of the molecule is COC[C@H](C)NC(=O)CSc1ncc(-c2ccc(F)cc2)o1. The summed E-state index contributed by atoms with van der Waals surface area (Å²) < 4.78 is 23.4. The maximum atomic E-state index is 12.9. The van der Waals surface area contributed by atoms with Crippen LogP contribution in [0.3, 0.4) is 0 Å². The second-order valence-corrected chi connectivity index (χ2v) is 5.64. The van der Waals surface area contributed by atoms with E-state index in [1.165, 1.54) is 23.9 Å². The Kier molecular flexibility index (Phi) is 5.97. The Morgan fingerprint density at radius 2 is 2.18 bits per heavy atom. The highest BCUT2D eigenvalue weighted by atomic mass is 32.2. The highest BCUT2D eigenvalue weighted by molar-refractivity contribution is 7.99. The first-order valence-corrected chi connectivity index (χ1v) is 7.70. The molecule has 0 aliphatic rings. The van der Waals surface area contributed by atoms with Crippen molar-refractivity contribution in [2.24, 2.45) is 0 Å². The number of carbonyl (C=O) groups is 1. The molecule has 1 amide bonds. The predicted molar refractivity (Wildman–Crippen MR) is 82.1 cm³/mol. The Bertz CT molecular complexity index is 616. The molecule has 22 heavy (non-hydrogen) atoms. The van der Waals surface area contributed by atoms with Gasteiger partial charge in [0.05, 0.1) is 18.6 Å². The molecule has 1 heterocycles. The van der Waals surface area contributed by atoms with Crippen molar-refractivity contribution < 1.29 is 18.3 Å². The van der Waals surface area contributed by atoms with Crippen molar-refractivity contribution in [2.45, 2.75) is 18.2 Å². The number of halogens is 1. The highest BCUT2D eigenvalue weighted by Crippen LogP contribution is 2.25. The molecule has 0 bridgehead atoms. The van der Waals surface area contributed by atoms with Crippen LogP contribution >= 0.6 is 11.8 Å². The number of thioether (sulfide) groups is 1. The van der Waals surface area contributed by atoms with Crippen LogP contribution in [0.15, 0.2) is 40.1 Å². The fourth-order valence-corrected chi connectivity index (χ4v) is 2.42. The number of methoxy groups -OCH3 is 1. The minimum atomic E-state index is -0.306. The van der Waals surface area contributed by atoms with Crippen molar-refractivity contribution in [2.75, 3.05) is 19.5 Å². The average molecular weight is 324 g/mol. The molecule has 0 unspecified atom stereocenters. The number of ether oxygens (including phenoxy) is 1. The van der Waals surface area contributed by atoms with Crippen molar-refractivity contribution >= 4 is 17.7 Å². The zero-order chi connectivity index (χ0) is 15.9. The van der Waals surface area contributed by atoms with Gasteiger partial charge in [0.15, 0.2) is 5.76 Å². The number of oxazole rings is 1. The standard InChI is InChI=1S/C15H17FN2O3S/c1-10(8-20-2)18-14(19)9-22-15-17-7-13(21-15)11-3-5-12(16)6-4-11/h3-7,10H,8-9H2,1-2H3,(H,18,19)/t10-/m0/s1. The fraction of sp³-hybridized carbons (Fsp3) is 0.333. The van der Waals surface area contributed by atoms with E-state index in [-0.39, 0.29) is 23.5 Å². The number of aromatic nitrogens is 1. The van der Waals surface area contributed by atoms with Gasteiger partial charge in [-0.1, -0.05) is 11.8 Å². The van der Waals surface area contributed by atoms with Gasteiger partial charge in [0, 0.05) is 18.7 Å². The minimum Gasteiger partial charge on any atom is -0.431 e. The second-order valence-electron chi connectivity index (χ2n) is 4.71. The number of nitrogens with zero attached hydrogens (tertiary/aromatic N) is 1. The molecule has 1 aromatic carbocycles. The van der Waals surface area contributed by atoms with Crippen molar-refractivity contribution in [3.8, 4) is 11.3 Å². The number of carbonyl (C=O) groups excluding carboxylic acids is 1. The summed E-state index contributed by atoms with van der Waals surface area (Å²) in [5.74, 6) is 0.323. The van der Waals surface area contributed by atoms with Crippen LogP contribution in [0.5, 0.6) is 0 Å². The van der Waals surface area contributed by atoms with Gasteiger partial charge in [0.2, 0.25) is 5.91 Å². The summed E-state index contributed by atoms with van der Waals surface area (Å²) in [7, 11) is 1.58. The van der Waals surface area contributed by atoms with Crippen molar-refractivity contribution in [1.29, 1.82) is 0 Å². The molecule has 7 heteroatoms. The summed E-state index contributed by atoms with van der Waals surface area (Å²) in [5.41, 5.74) is 0.735. The molecule has 0 spiro atoms. The summed E-state index contributed by atoms with van der Waals surface area (Å²) in [6.45, 7) is 2.33. The second kappa shape index (κ2) is 7.95. The topological polar surface area (TPSA) is 64.4 Å². The quantitative estimate of drug-likeness (QED) is 0.793. The Morgan fingerprint density at radius 1 is 1.45 bits per heavy atom. The molecule has 2 rings (SSSR count). The first kappa shape index (κ1) is 16.5. The molecule has 1 atom stereocenters. The lowest BCUT2D eigenvalue weighted by molar-refractivity contribution is -0.119. The van der Waals surface area contributed by atoms with Crippen molar-refractivity contribution in [1.82, 2.24) is 10.3 Å². The number of rotatable bonds is 7. The lowest BCUT2D eigenvalue weighted by Crippen LogP contribution is -2.36. The Balaban J connectivity index is 1.87. The Labute approximate surface area is 132 Å². The van der Waals surface area contributed by atoms with Crippen LogP contribution in [0.1, 0.15) is 6.92 Å². The van der Waals surface area contributed by atoms with E-state index in [0.717, 1.165) is 5.56 Å². The van der Waals surface area contributed by atoms with Crippen molar-refractivity contribution in [3.63, 3.8) is 0 Å². The predicted octanol–water partition coefficient (Wildman–Crippen LogP) is 2.72. The molecule has 118 valence electrons. The summed E-state index contributed by atoms with van der Waals surface area (Å²) in [5, 5.41) is 3.20. The van der Waals surface area contributed by atoms with E-state index in [1.807, 2.05) is 6.92 Å². The van der Waals surface area contributed by atoms with E-state index < -0.39 is 0 Å².